The maximum absolute atomic E-state index is 12.9. The summed E-state index contributed by atoms with van der Waals surface area (Å²) in [6.45, 7) is 0. The summed E-state index contributed by atoms with van der Waals surface area (Å²) in [5.41, 5.74) is 8.54. The number of hydrogen-bond donors (Lipinski definition) is 1. The molecule has 0 atom stereocenters. The highest BCUT2D eigenvalue weighted by atomic mass is 19.1. The second-order valence-corrected chi connectivity index (χ2v) is 3.92. The van der Waals surface area contributed by atoms with E-state index in [1.807, 2.05) is 18.0 Å². The average Bonchev–Trinajstić information content (AvgIpc) is 2.38. The first-order valence-electron chi connectivity index (χ1n) is 5.41. The van der Waals surface area contributed by atoms with Gasteiger partial charge in [-0.25, -0.2) is 4.39 Å². The second kappa shape index (κ2) is 4.76. The van der Waals surface area contributed by atoms with E-state index in [0.717, 1.165) is 11.4 Å². The monoisotopic (exact) mass is 241 g/mol. The van der Waals surface area contributed by atoms with E-state index in [4.69, 9.17) is 11.0 Å². The van der Waals surface area contributed by atoms with Gasteiger partial charge >= 0.3 is 0 Å². The minimum Gasteiger partial charge on any atom is -0.397 e. The molecule has 90 valence electrons. The van der Waals surface area contributed by atoms with Crippen LogP contribution in [0.25, 0.3) is 0 Å². The van der Waals surface area contributed by atoms with Gasteiger partial charge in [-0.1, -0.05) is 0 Å². The van der Waals surface area contributed by atoms with Gasteiger partial charge in [-0.05, 0) is 42.5 Å². The van der Waals surface area contributed by atoms with E-state index in [0.29, 0.717) is 11.3 Å². The number of nitrogen functional groups attached to an aromatic ring is 1. The lowest BCUT2D eigenvalue weighted by Crippen LogP contribution is -2.11. The van der Waals surface area contributed by atoms with Gasteiger partial charge in [-0.15, -0.1) is 0 Å². The standard InChI is InChI=1S/C14H12FN3/c1-18(12-5-3-11(15)4-6-12)14-7-2-10(9-16)8-13(14)17/h2-8H,17H2,1H3. The van der Waals surface area contributed by atoms with Gasteiger partial charge in [0.05, 0.1) is 23.0 Å². The molecule has 0 fully saturated rings. The summed E-state index contributed by atoms with van der Waals surface area (Å²) >= 11 is 0. The van der Waals surface area contributed by atoms with Crippen LogP contribution in [0, 0.1) is 17.1 Å². The van der Waals surface area contributed by atoms with Gasteiger partial charge in [-0.3, -0.25) is 0 Å². The van der Waals surface area contributed by atoms with E-state index in [1.54, 1.807) is 30.3 Å². The van der Waals surface area contributed by atoms with Crippen LogP contribution >= 0.6 is 0 Å². The molecular formula is C14H12FN3. The number of benzene rings is 2. The molecule has 0 aliphatic heterocycles. The third kappa shape index (κ3) is 2.25. The summed E-state index contributed by atoms with van der Waals surface area (Å²) in [6.07, 6.45) is 0. The molecular weight excluding hydrogens is 229 g/mol. The van der Waals surface area contributed by atoms with Crippen LogP contribution in [0.2, 0.25) is 0 Å². The molecule has 0 aliphatic carbocycles. The Labute approximate surface area is 105 Å². The zero-order valence-electron chi connectivity index (χ0n) is 9.89. The summed E-state index contributed by atoms with van der Waals surface area (Å²) in [5.74, 6) is -0.278. The van der Waals surface area contributed by atoms with Crippen LogP contribution in [0.1, 0.15) is 5.56 Å². The number of rotatable bonds is 2. The number of nitrogens with zero attached hydrogens (tertiary/aromatic N) is 2. The molecule has 2 aromatic carbocycles. The largest absolute Gasteiger partial charge is 0.397 e. The van der Waals surface area contributed by atoms with Crippen molar-refractivity contribution >= 4 is 17.1 Å². The minimum absolute atomic E-state index is 0.278. The Balaban J connectivity index is 2.37. The summed E-state index contributed by atoms with van der Waals surface area (Å²) in [4.78, 5) is 1.84. The quantitative estimate of drug-likeness (QED) is 0.822. The highest BCUT2D eigenvalue weighted by Gasteiger charge is 2.08. The Morgan fingerprint density at radius 1 is 1.17 bits per heavy atom. The number of hydrogen-bond acceptors (Lipinski definition) is 3. The van der Waals surface area contributed by atoms with Crippen LogP contribution in [0.4, 0.5) is 21.5 Å². The van der Waals surface area contributed by atoms with Crippen molar-refractivity contribution in [2.45, 2.75) is 0 Å². The number of anilines is 3. The Kier molecular flexibility index (Phi) is 3.16. The molecule has 18 heavy (non-hydrogen) atoms. The van der Waals surface area contributed by atoms with Gasteiger partial charge in [0.15, 0.2) is 0 Å². The fourth-order valence-electron chi connectivity index (χ4n) is 1.73. The van der Waals surface area contributed by atoms with Gasteiger partial charge in [0.1, 0.15) is 5.82 Å². The van der Waals surface area contributed by atoms with Crippen LogP contribution < -0.4 is 10.6 Å². The van der Waals surface area contributed by atoms with E-state index in [9.17, 15) is 4.39 Å². The molecule has 0 aliphatic rings. The van der Waals surface area contributed by atoms with Crippen molar-refractivity contribution < 1.29 is 4.39 Å². The first kappa shape index (κ1) is 11.9. The predicted octanol–water partition coefficient (Wildman–Crippen LogP) is 3.05. The molecule has 0 spiro atoms. The van der Waals surface area contributed by atoms with Crippen molar-refractivity contribution in [2.24, 2.45) is 0 Å². The first-order chi connectivity index (χ1) is 8.61. The van der Waals surface area contributed by atoms with Crippen molar-refractivity contribution in [3.63, 3.8) is 0 Å². The molecule has 0 aromatic heterocycles. The van der Waals surface area contributed by atoms with E-state index in [-0.39, 0.29) is 5.82 Å². The molecule has 2 N–H and O–H groups in total. The van der Waals surface area contributed by atoms with E-state index >= 15 is 0 Å². The molecule has 2 rings (SSSR count). The Morgan fingerprint density at radius 3 is 2.39 bits per heavy atom. The molecule has 0 bridgehead atoms. The zero-order chi connectivity index (χ0) is 13.1. The Hall–Kier alpha value is -2.54. The van der Waals surface area contributed by atoms with E-state index < -0.39 is 0 Å². The van der Waals surface area contributed by atoms with E-state index in [2.05, 4.69) is 0 Å². The first-order valence-corrected chi connectivity index (χ1v) is 5.41. The highest BCUT2D eigenvalue weighted by molar-refractivity contribution is 5.75. The third-order valence-electron chi connectivity index (χ3n) is 2.73. The lowest BCUT2D eigenvalue weighted by molar-refractivity contribution is 0.628. The van der Waals surface area contributed by atoms with Crippen LogP contribution in [0.15, 0.2) is 42.5 Å². The lowest BCUT2D eigenvalue weighted by atomic mass is 10.1. The van der Waals surface area contributed by atoms with E-state index in [1.165, 1.54) is 12.1 Å². The Morgan fingerprint density at radius 2 is 1.83 bits per heavy atom. The number of halogens is 1. The van der Waals surface area contributed by atoms with Crippen molar-refractivity contribution in [2.75, 3.05) is 17.7 Å². The van der Waals surface area contributed by atoms with Gasteiger partial charge in [-0.2, -0.15) is 5.26 Å². The molecule has 2 aromatic rings. The maximum atomic E-state index is 12.9. The molecule has 0 unspecified atom stereocenters. The van der Waals surface area contributed by atoms with Crippen molar-refractivity contribution in [3.8, 4) is 6.07 Å². The molecule has 0 heterocycles. The molecule has 0 saturated carbocycles. The lowest BCUT2D eigenvalue weighted by Gasteiger charge is -2.21. The van der Waals surface area contributed by atoms with Crippen LogP contribution in [0.5, 0.6) is 0 Å². The summed E-state index contributed by atoms with van der Waals surface area (Å²) < 4.78 is 12.9. The molecule has 0 saturated heterocycles. The minimum atomic E-state index is -0.278. The van der Waals surface area contributed by atoms with Crippen molar-refractivity contribution in [3.05, 3.63) is 53.8 Å². The van der Waals surface area contributed by atoms with Gasteiger partial charge in [0.2, 0.25) is 0 Å². The molecule has 0 radical (unpaired) electrons. The normalized spacial score (nSPS) is 9.83. The summed E-state index contributed by atoms with van der Waals surface area (Å²) in [5, 5.41) is 8.78. The summed E-state index contributed by atoms with van der Waals surface area (Å²) in [7, 11) is 1.84. The van der Waals surface area contributed by atoms with Gasteiger partial charge in [0, 0.05) is 12.7 Å². The smallest absolute Gasteiger partial charge is 0.123 e. The SMILES string of the molecule is CN(c1ccc(F)cc1)c1ccc(C#N)cc1N. The van der Waals surface area contributed by atoms with Crippen molar-refractivity contribution in [1.29, 1.82) is 5.26 Å². The van der Waals surface area contributed by atoms with Crippen molar-refractivity contribution in [1.82, 2.24) is 0 Å². The Bertz CT molecular complexity index is 599. The molecule has 3 nitrogen and oxygen atoms in total. The average molecular weight is 241 g/mol. The number of nitriles is 1. The second-order valence-electron chi connectivity index (χ2n) is 3.92. The molecule has 4 heteroatoms. The van der Waals surface area contributed by atoms with Gasteiger partial charge in [0.25, 0.3) is 0 Å². The van der Waals surface area contributed by atoms with Crippen LogP contribution in [-0.2, 0) is 0 Å². The van der Waals surface area contributed by atoms with Gasteiger partial charge < -0.3 is 10.6 Å². The van der Waals surface area contributed by atoms with Crippen LogP contribution in [0.3, 0.4) is 0 Å². The molecule has 0 amide bonds. The fraction of sp³-hybridized carbons (Fsp3) is 0.0714. The summed E-state index contributed by atoms with van der Waals surface area (Å²) in [6, 6.07) is 13.3. The zero-order valence-corrected chi connectivity index (χ0v) is 9.89. The number of nitrogens with two attached hydrogens (primary N) is 1. The third-order valence-corrected chi connectivity index (χ3v) is 2.73. The topological polar surface area (TPSA) is 53.0 Å². The fourth-order valence-corrected chi connectivity index (χ4v) is 1.73. The predicted molar refractivity (Wildman–Crippen MR) is 70.0 cm³/mol. The van der Waals surface area contributed by atoms with Crippen LogP contribution in [-0.4, -0.2) is 7.05 Å². The maximum Gasteiger partial charge on any atom is 0.123 e. The highest BCUT2D eigenvalue weighted by Crippen LogP contribution is 2.29.